The number of rotatable bonds is 5. The number of nitrogens with two attached hydrogens (primary N) is 1. The quantitative estimate of drug-likeness (QED) is 0.909. The molecule has 0 saturated carbocycles. The van der Waals surface area contributed by atoms with E-state index in [1.165, 1.54) is 16.8 Å². The number of halogens is 1. The Bertz CT molecular complexity index is 566. The van der Waals surface area contributed by atoms with Crippen LogP contribution in [0, 0.1) is 0 Å². The Morgan fingerprint density at radius 1 is 1.10 bits per heavy atom. The van der Waals surface area contributed by atoms with Crippen molar-refractivity contribution in [3.05, 3.63) is 64.7 Å². The highest BCUT2D eigenvalue weighted by molar-refractivity contribution is 6.30. The van der Waals surface area contributed by atoms with Gasteiger partial charge in [-0.25, -0.2) is 0 Å². The topological polar surface area (TPSA) is 29.3 Å². The molecule has 0 spiro atoms. The Kier molecular flexibility index (Phi) is 5.05. The third-order valence-electron chi connectivity index (χ3n) is 3.51. The molecule has 2 aromatic rings. The smallest absolute Gasteiger partial charge is 0.0408 e. The van der Waals surface area contributed by atoms with Gasteiger partial charge in [0.1, 0.15) is 0 Å². The van der Waals surface area contributed by atoms with Gasteiger partial charge in [0.05, 0.1) is 0 Å². The van der Waals surface area contributed by atoms with E-state index in [9.17, 15) is 0 Å². The summed E-state index contributed by atoms with van der Waals surface area (Å²) in [5.41, 5.74) is 9.66. The molecule has 0 heterocycles. The van der Waals surface area contributed by atoms with Gasteiger partial charge in [-0.3, -0.25) is 0 Å². The summed E-state index contributed by atoms with van der Waals surface area (Å²) in [6.45, 7) is 0.618. The van der Waals surface area contributed by atoms with Gasteiger partial charge < -0.3 is 10.6 Å². The Balaban J connectivity index is 2.20. The highest BCUT2D eigenvalue weighted by Gasteiger charge is 2.11. The van der Waals surface area contributed by atoms with E-state index in [0.29, 0.717) is 12.5 Å². The zero-order valence-corrected chi connectivity index (χ0v) is 12.8. The van der Waals surface area contributed by atoms with E-state index in [0.717, 1.165) is 11.4 Å². The summed E-state index contributed by atoms with van der Waals surface area (Å²) in [5.74, 6) is 0.297. The van der Waals surface area contributed by atoms with Crippen molar-refractivity contribution in [2.45, 2.75) is 12.3 Å². The Hall–Kier alpha value is -1.51. The van der Waals surface area contributed by atoms with E-state index in [1.54, 1.807) is 0 Å². The Labute approximate surface area is 126 Å². The number of hydrogen-bond acceptors (Lipinski definition) is 2. The second-order valence-electron chi connectivity index (χ2n) is 5.26. The van der Waals surface area contributed by atoms with Crippen molar-refractivity contribution >= 4 is 17.3 Å². The van der Waals surface area contributed by atoms with Crippen molar-refractivity contribution in [2.75, 3.05) is 25.5 Å². The van der Waals surface area contributed by atoms with Crippen LogP contribution in [0.25, 0.3) is 0 Å². The Morgan fingerprint density at radius 2 is 1.85 bits per heavy atom. The van der Waals surface area contributed by atoms with Crippen LogP contribution in [0.1, 0.15) is 17.0 Å². The zero-order chi connectivity index (χ0) is 14.5. The molecule has 3 heteroatoms. The standard InChI is InChI=1S/C17H21ClN2/c1-20(2)17-8-3-5-13(10-17)9-15(12-19)14-6-4-7-16(18)11-14/h3-8,10-11,15H,9,12,19H2,1-2H3. The summed E-state index contributed by atoms with van der Waals surface area (Å²) < 4.78 is 0. The predicted molar refractivity (Wildman–Crippen MR) is 87.7 cm³/mol. The van der Waals surface area contributed by atoms with E-state index >= 15 is 0 Å². The monoisotopic (exact) mass is 288 g/mol. The highest BCUT2D eigenvalue weighted by Crippen LogP contribution is 2.24. The van der Waals surface area contributed by atoms with Crippen LogP contribution < -0.4 is 10.6 Å². The van der Waals surface area contributed by atoms with Crippen molar-refractivity contribution in [3.8, 4) is 0 Å². The van der Waals surface area contributed by atoms with Crippen LogP contribution in [0.15, 0.2) is 48.5 Å². The van der Waals surface area contributed by atoms with Crippen molar-refractivity contribution in [3.63, 3.8) is 0 Å². The van der Waals surface area contributed by atoms with Gasteiger partial charge in [-0.2, -0.15) is 0 Å². The first kappa shape index (κ1) is 14.9. The molecule has 0 saturated heterocycles. The lowest BCUT2D eigenvalue weighted by Gasteiger charge is -2.18. The van der Waals surface area contributed by atoms with E-state index in [1.807, 2.05) is 18.2 Å². The van der Waals surface area contributed by atoms with E-state index in [4.69, 9.17) is 17.3 Å². The fourth-order valence-corrected chi connectivity index (χ4v) is 2.54. The van der Waals surface area contributed by atoms with Crippen molar-refractivity contribution in [2.24, 2.45) is 5.73 Å². The largest absolute Gasteiger partial charge is 0.378 e. The third-order valence-corrected chi connectivity index (χ3v) is 3.75. The summed E-state index contributed by atoms with van der Waals surface area (Å²) in [7, 11) is 4.10. The Morgan fingerprint density at radius 3 is 2.50 bits per heavy atom. The van der Waals surface area contributed by atoms with Crippen LogP contribution in [0.3, 0.4) is 0 Å². The summed E-state index contributed by atoms with van der Waals surface area (Å²) in [4.78, 5) is 2.11. The van der Waals surface area contributed by atoms with Gasteiger partial charge in [0.25, 0.3) is 0 Å². The first-order valence-electron chi connectivity index (χ1n) is 6.82. The van der Waals surface area contributed by atoms with Crippen LogP contribution in [-0.2, 0) is 6.42 Å². The average molecular weight is 289 g/mol. The zero-order valence-electron chi connectivity index (χ0n) is 12.0. The van der Waals surface area contributed by atoms with Gasteiger partial charge in [0, 0.05) is 30.7 Å². The number of benzene rings is 2. The molecule has 0 aromatic heterocycles. The number of nitrogens with zero attached hydrogens (tertiary/aromatic N) is 1. The predicted octanol–water partition coefficient (Wildman–Crippen LogP) is 3.69. The third kappa shape index (κ3) is 3.75. The molecule has 0 aliphatic heterocycles. The van der Waals surface area contributed by atoms with Gasteiger partial charge in [-0.05, 0) is 48.4 Å². The molecule has 0 amide bonds. The van der Waals surface area contributed by atoms with Gasteiger partial charge >= 0.3 is 0 Å². The molecule has 2 aromatic carbocycles. The maximum Gasteiger partial charge on any atom is 0.0408 e. The molecular formula is C17H21ClN2. The van der Waals surface area contributed by atoms with Crippen LogP contribution in [0.4, 0.5) is 5.69 Å². The summed E-state index contributed by atoms with van der Waals surface area (Å²) in [5, 5.41) is 0.767. The molecule has 0 aliphatic rings. The second kappa shape index (κ2) is 6.78. The highest BCUT2D eigenvalue weighted by atomic mass is 35.5. The van der Waals surface area contributed by atoms with Gasteiger partial charge in [0.2, 0.25) is 0 Å². The minimum atomic E-state index is 0.297. The normalized spacial score (nSPS) is 12.2. The van der Waals surface area contributed by atoms with Crippen molar-refractivity contribution in [1.29, 1.82) is 0 Å². The first-order chi connectivity index (χ1) is 9.60. The average Bonchev–Trinajstić information content (AvgIpc) is 2.45. The van der Waals surface area contributed by atoms with Crippen molar-refractivity contribution in [1.82, 2.24) is 0 Å². The molecule has 2 N–H and O–H groups in total. The van der Waals surface area contributed by atoms with E-state index in [-0.39, 0.29) is 0 Å². The summed E-state index contributed by atoms with van der Waals surface area (Å²) in [6.07, 6.45) is 0.929. The fourth-order valence-electron chi connectivity index (χ4n) is 2.34. The van der Waals surface area contributed by atoms with Crippen LogP contribution in [0.5, 0.6) is 0 Å². The molecular weight excluding hydrogens is 268 g/mol. The second-order valence-corrected chi connectivity index (χ2v) is 5.69. The molecule has 106 valence electrons. The number of anilines is 1. The summed E-state index contributed by atoms with van der Waals surface area (Å²) in [6, 6.07) is 16.6. The van der Waals surface area contributed by atoms with Crippen molar-refractivity contribution < 1.29 is 0 Å². The first-order valence-corrected chi connectivity index (χ1v) is 7.19. The van der Waals surface area contributed by atoms with Gasteiger partial charge in [0.15, 0.2) is 0 Å². The molecule has 0 fully saturated rings. The lowest BCUT2D eigenvalue weighted by atomic mass is 9.92. The minimum Gasteiger partial charge on any atom is -0.378 e. The molecule has 20 heavy (non-hydrogen) atoms. The van der Waals surface area contributed by atoms with E-state index < -0.39 is 0 Å². The minimum absolute atomic E-state index is 0.297. The van der Waals surface area contributed by atoms with Crippen LogP contribution in [-0.4, -0.2) is 20.6 Å². The number of hydrogen-bond donors (Lipinski definition) is 1. The maximum absolute atomic E-state index is 6.07. The maximum atomic E-state index is 6.07. The van der Waals surface area contributed by atoms with Crippen LogP contribution >= 0.6 is 11.6 Å². The van der Waals surface area contributed by atoms with Crippen LogP contribution in [0.2, 0.25) is 5.02 Å². The lowest BCUT2D eigenvalue weighted by molar-refractivity contribution is 0.694. The summed E-state index contributed by atoms with van der Waals surface area (Å²) >= 11 is 6.07. The molecule has 1 atom stereocenters. The lowest BCUT2D eigenvalue weighted by Crippen LogP contribution is -2.15. The van der Waals surface area contributed by atoms with E-state index in [2.05, 4.69) is 49.3 Å². The molecule has 0 aliphatic carbocycles. The van der Waals surface area contributed by atoms with Gasteiger partial charge in [-0.1, -0.05) is 35.9 Å². The molecule has 2 nitrogen and oxygen atoms in total. The molecule has 1 unspecified atom stereocenters. The SMILES string of the molecule is CN(C)c1cccc(CC(CN)c2cccc(Cl)c2)c1. The molecule has 0 bridgehead atoms. The van der Waals surface area contributed by atoms with Gasteiger partial charge in [-0.15, -0.1) is 0 Å². The fraction of sp³-hybridized carbons (Fsp3) is 0.294. The molecule has 0 radical (unpaired) electrons. The molecule has 2 rings (SSSR count).